The van der Waals surface area contributed by atoms with Gasteiger partial charge in [-0.2, -0.15) is 0 Å². The molecule has 2 amide bonds. The lowest BCUT2D eigenvalue weighted by Gasteiger charge is -2.21. The summed E-state index contributed by atoms with van der Waals surface area (Å²) in [5.74, 6) is -0.138. The molecule has 2 aromatic rings. The first-order valence-electron chi connectivity index (χ1n) is 9.59. The zero-order valence-electron chi connectivity index (χ0n) is 15.3. The number of aryl methyl sites for hydroxylation is 1. The summed E-state index contributed by atoms with van der Waals surface area (Å²) in [6, 6.07) is 15.5. The first-order chi connectivity index (χ1) is 13.2. The number of fused-ring (bicyclic) bond motifs is 1. The molecular weight excluding hydrogens is 340 g/mol. The molecule has 1 fully saturated rings. The average Bonchev–Trinajstić information content (AvgIpc) is 3.14. The molecule has 5 heteroatoms. The van der Waals surface area contributed by atoms with Crippen LogP contribution in [0.25, 0.3) is 0 Å². The molecule has 0 aromatic heterocycles. The molecule has 2 aliphatic rings. The molecule has 4 rings (SSSR count). The first-order valence-corrected chi connectivity index (χ1v) is 9.59. The van der Waals surface area contributed by atoms with Crippen molar-refractivity contribution < 1.29 is 14.3 Å². The van der Waals surface area contributed by atoms with Gasteiger partial charge in [0, 0.05) is 30.9 Å². The van der Waals surface area contributed by atoms with Crippen LogP contribution in [0.3, 0.4) is 0 Å². The number of amides is 2. The van der Waals surface area contributed by atoms with Gasteiger partial charge in [-0.3, -0.25) is 9.59 Å². The maximum atomic E-state index is 13.0. The Morgan fingerprint density at radius 2 is 1.89 bits per heavy atom. The number of anilines is 1. The van der Waals surface area contributed by atoms with E-state index >= 15 is 0 Å². The number of hydrogen-bond donors (Lipinski definition) is 1. The van der Waals surface area contributed by atoms with Gasteiger partial charge in [0.2, 0.25) is 0 Å². The Labute approximate surface area is 159 Å². The molecule has 5 nitrogen and oxygen atoms in total. The van der Waals surface area contributed by atoms with E-state index in [0.29, 0.717) is 24.4 Å². The van der Waals surface area contributed by atoms with Crippen LogP contribution in [0.15, 0.2) is 48.5 Å². The van der Waals surface area contributed by atoms with Crippen molar-refractivity contribution in [2.24, 2.45) is 0 Å². The van der Waals surface area contributed by atoms with Crippen molar-refractivity contribution in [1.29, 1.82) is 0 Å². The van der Waals surface area contributed by atoms with E-state index in [1.807, 2.05) is 17.0 Å². The van der Waals surface area contributed by atoms with E-state index < -0.39 is 0 Å². The van der Waals surface area contributed by atoms with Crippen molar-refractivity contribution >= 4 is 17.5 Å². The maximum Gasteiger partial charge on any atom is 0.254 e. The molecule has 1 saturated heterocycles. The third-order valence-corrected chi connectivity index (χ3v) is 5.24. The number of rotatable bonds is 3. The molecule has 0 aliphatic carbocycles. The van der Waals surface area contributed by atoms with Crippen LogP contribution >= 0.6 is 0 Å². The molecule has 27 heavy (non-hydrogen) atoms. The standard InChI is InChI=1S/C22H24N2O3/c25-21(20-11-5-13-27-20)23-19-10-3-8-17(14-19)22(26)24-12-4-9-16-6-1-2-7-18(16)15-24/h1-3,6-8,10,14,20H,4-5,9,11-13,15H2,(H,23,25)/t20-/m0/s1. The number of ether oxygens (including phenoxy) is 1. The number of carbonyl (C=O) groups excluding carboxylic acids is 2. The third kappa shape index (κ3) is 4.03. The Balaban J connectivity index is 1.48. The van der Waals surface area contributed by atoms with Gasteiger partial charge in [0.05, 0.1) is 0 Å². The quantitative estimate of drug-likeness (QED) is 0.908. The average molecular weight is 364 g/mol. The topological polar surface area (TPSA) is 58.6 Å². The van der Waals surface area contributed by atoms with Gasteiger partial charge < -0.3 is 15.0 Å². The highest BCUT2D eigenvalue weighted by atomic mass is 16.5. The Hall–Kier alpha value is -2.66. The molecule has 2 heterocycles. The fourth-order valence-electron chi connectivity index (χ4n) is 3.79. The second-order valence-electron chi connectivity index (χ2n) is 7.17. The number of nitrogens with zero attached hydrogens (tertiary/aromatic N) is 1. The van der Waals surface area contributed by atoms with Crippen LogP contribution in [-0.2, 0) is 22.5 Å². The summed E-state index contributed by atoms with van der Waals surface area (Å²) >= 11 is 0. The molecule has 1 atom stereocenters. The van der Waals surface area contributed by atoms with Crippen LogP contribution < -0.4 is 5.32 Å². The number of hydrogen-bond acceptors (Lipinski definition) is 3. The molecule has 140 valence electrons. The second kappa shape index (κ2) is 7.92. The zero-order valence-corrected chi connectivity index (χ0v) is 15.3. The Bertz CT molecular complexity index is 843. The lowest BCUT2D eigenvalue weighted by atomic mass is 10.0. The first kappa shape index (κ1) is 17.7. The highest BCUT2D eigenvalue weighted by Crippen LogP contribution is 2.22. The van der Waals surface area contributed by atoms with Gasteiger partial charge in [-0.25, -0.2) is 0 Å². The Kier molecular flexibility index (Phi) is 5.21. The molecule has 0 spiro atoms. The number of benzene rings is 2. The van der Waals surface area contributed by atoms with Crippen molar-refractivity contribution in [3.05, 3.63) is 65.2 Å². The largest absolute Gasteiger partial charge is 0.368 e. The van der Waals surface area contributed by atoms with E-state index in [2.05, 4.69) is 23.5 Å². The number of carbonyl (C=O) groups is 2. The van der Waals surface area contributed by atoms with Crippen molar-refractivity contribution in [2.45, 2.75) is 38.3 Å². The maximum absolute atomic E-state index is 13.0. The van der Waals surface area contributed by atoms with Gasteiger partial charge in [0.15, 0.2) is 0 Å². The van der Waals surface area contributed by atoms with Crippen LogP contribution in [0.2, 0.25) is 0 Å². The van der Waals surface area contributed by atoms with Gasteiger partial charge in [-0.15, -0.1) is 0 Å². The smallest absolute Gasteiger partial charge is 0.254 e. The zero-order chi connectivity index (χ0) is 18.6. The van der Waals surface area contributed by atoms with Crippen molar-refractivity contribution in [2.75, 3.05) is 18.5 Å². The summed E-state index contributed by atoms with van der Waals surface area (Å²) in [6.07, 6.45) is 3.23. The summed E-state index contributed by atoms with van der Waals surface area (Å²) in [5, 5.41) is 2.88. The van der Waals surface area contributed by atoms with E-state index in [1.165, 1.54) is 11.1 Å². The monoisotopic (exact) mass is 364 g/mol. The minimum atomic E-state index is -0.383. The Morgan fingerprint density at radius 1 is 1.04 bits per heavy atom. The molecular formula is C22H24N2O3. The van der Waals surface area contributed by atoms with Crippen LogP contribution in [-0.4, -0.2) is 36.0 Å². The summed E-state index contributed by atoms with van der Waals surface area (Å²) < 4.78 is 5.42. The van der Waals surface area contributed by atoms with Crippen LogP contribution in [0.4, 0.5) is 5.69 Å². The van der Waals surface area contributed by atoms with Crippen LogP contribution in [0.5, 0.6) is 0 Å². The predicted molar refractivity (Wildman–Crippen MR) is 104 cm³/mol. The van der Waals surface area contributed by atoms with Gasteiger partial charge in [0.25, 0.3) is 11.8 Å². The summed E-state index contributed by atoms with van der Waals surface area (Å²) in [6.45, 7) is 1.99. The van der Waals surface area contributed by atoms with Crippen molar-refractivity contribution in [3.8, 4) is 0 Å². The fraction of sp³-hybridized carbons (Fsp3) is 0.364. The lowest BCUT2D eigenvalue weighted by Crippen LogP contribution is -2.31. The number of nitrogens with one attached hydrogen (secondary N) is 1. The molecule has 0 unspecified atom stereocenters. The highest BCUT2D eigenvalue weighted by molar-refractivity contribution is 5.98. The van der Waals surface area contributed by atoms with Crippen molar-refractivity contribution in [3.63, 3.8) is 0 Å². The van der Waals surface area contributed by atoms with E-state index in [9.17, 15) is 9.59 Å². The normalized spacial score (nSPS) is 19.3. The minimum Gasteiger partial charge on any atom is -0.368 e. The Morgan fingerprint density at radius 3 is 2.70 bits per heavy atom. The molecule has 2 aromatic carbocycles. The highest BCUT2D eigenvalue weighted by Gasteiger charge is 2.24. The second-order valence-corrected chi connectivity index (χ2v) is 7.17. The SMILES string of the molecule is O=C(Nc1cccc(C(=O)N2CCCc3ccccc3C2)c1)[C@@H]1CCCO1. The van der Waals surface area contributed by atoms with Gasteiger partial charge in [0.1, 0.15) is 6.10 Å². The van der Waals surface area contributed by atoms with E-state index in [-0.39, 0.29) is 17.9 Å². The molecule has 1 N–H and O–H groups in total. The molecule has 0 radical (unpaired) electrons. The van der Waals surface area contributed by atoms with Crippen LogP contribution in [0.1, 0.15) is 40.7 Å². The van der Waals surface area contributed by atoms with E-state index in [1.54, 1.807) is 18.2 Å². The van der Waals surface area contributed by atoms with Crippen molar-refractivity contribution in [1.82, 2.24) is 4.90 Å². The fourth-order valence-corrected chi connectivity index (χ4v) is 3.79. The summed E-state index contributed by atoms with van der Waals surface area (Å²) in [5.41, 5.74) is 3.77. The molecule has 2 aliphatic heterocycles. The summed E-state index contributed by atoms with van der Waals surface area (Å²) in [7, 11) is 0. The molecule has 0 saturated carbocycles. The predicted octanol–water partition coefficient (Wildman–Crippen LogP) is 3.39. The van der Waals surface area contributed by atoms with Gasteiger partial charge in [-0.05, 0) is 55.0 Å². The van der Waals surface area contributed by atoms with E-state index in [4.69, 9.17) is 4.74 Å². The van der Waals surface area contributed by atoms with Crippen LogP contribution in [0, 0.1) is 0 Å². The minimum absolute atomic E-state index is 0.0000755. The molecule has 0 bridgehead atoms. The van der Waals surface area contributed by atoms with E-state index in [0.717, 1.165) is 32.2 Å². The van der Waals surface area contributed by atoms with Gasteiger partial charge >= 0.3 is 0 Å². The van der Waals surface area contributed by atoms with Gasteiger partial charge in [-0.1, -0.05) is 30.3 Å². The third-order valence-electron chi connectivity index (χ3n) is 5.24. The summed E-state index contributed by atoms with van der Waals surface area (Å²) in [4.78, 5) is 27.2. The lowest BCUT2D eigenvalue weighted by molar-refractivity contribution is -0.124.